The lowest BCUT2D eigenvalue weighted by molar-refractivity contribution is -0.146. The molecule has 5 rings (SSSR count). The molecule has 1 N–H and O–H groups in total. The molecule has 0 bridgehead atoms. The van der Waals surface area contributed by atoms with Crippen LogP contribution in [-0.4, -0.2) is 54.2 Å². The monoisotopic (exact) mass is 489 g/mol. The molecule has 3 heterocycles. The Kier molecular flexibility index (Phi) is 6.11. The van der Waals surface area contributed by atoms with Gasteiger partial charge in [0.15, 0.2) is 0 Å². The van der Waals surface area contributed by atoms with E-state index in [9.17, 15) is 4.79 Å². The van der Waals surface area contributed by atoms with Crippen LogP contribution in [0.1, 0.15) is 19.4 Å². The number of hydrogen-bond acceptors (Lipinski definition) is 6. The molecule has 1 fully saturated rings. The highest BCUT2D eigenvalue weighted by molar-refractivity contribution is 6.31. The highest BCUT2D eigenvalue weighted by atomic mass is 35.5. The number of imidazole rings is 1. The van der Waals surface area contributed by atoms with Gasteiger partial charge < -0.3 is 19.5 Å². The fourth-order valence-corrected chi connectivity index (χ4v) is 4.66. The van der Waals surface area contributed by atoms with E-state index in [1.165, 1.54) is 7.11 Å². The van der Waals surface area contributed by atoms with Gasteiger partial charge in [-0.1, -0.05) is 23.7 Å². The van der Waals surface area contributed by atoms with Crippen molar-refractivity contribution in [1.29, 1.82) is 0 Å². The third-order valence-corrected chi connectivity index (χ3v) is 6.95. The minimum Gasteiger partial charge on any atom is -0.468 e. The number of pyridine rings is 1. The Balaban J connectivity index is 1.23. The molecule has 1 aliphatic heterocycles. The Morgan fingerprint density at radius 2 is 1.71 bits per heavy atom. The first kappa shape index (κ1) is 23.2. The molecule has 0 amide bonds. The molecule has 0 unspecified atom stereocenters. The summed E-state index contributed by atoms with van der Waals surface area (Å²) < 4.78 is 4.95. The molecule has 2 aromatic heterocycles. The predicted molar refractivity (Wildman–Crippen MR) is 140 cm³/mol. The van der Waals surface area contributed by atoms with Gasteiger partial charge in [-0.2, -0.15) is 0 Å². The van der Waals surface area contributed by atoms with Crippen molar-refractivity contribution < 1.29 is 9.53 Å². The molecule has 4 aromatic rings. The number of esters is 1. The second kappa shape index (κ2) is 9.23. The number of halogens is 1. The van der Waals surface area contributed by atoms with Crippen LogP contribution in [-0.2, 0) is 14.9 Å². The molecule has 8 heteroatoms. The molecular formula is C27H28ClN5O2. The molecule has 7 nitrogen and oxygen atoms in total. The summed E-state index contributed by atoms with van der Waals surface area (Å²) in [5.74, 6) is 1.51. The average Bonchev–Trinajstić information content (AvgIpc) is 3.31. The second-order valence-corrected chi connectivity index (χ2v) is 9.73. The van der Waals surface area contributed by atoms with Crippen LogP contribution in [0.25, 0.3) is 22.4 Å². The van der Waals surface area contributed by atoms with Crippen molar-refractivity contribution in [3.63, 3.8) is 0 Å². The van der Waals surface area contributed by atoms with E-state index in [-0.39, 0.29) is 5.97 Å². The highest BCUT2D eigenvalue weighted by Crippen LogP contribution is 2.28. The van der Waals surface area contributed by atoms with E-state index in [4.69, 9.17) is 21.3 Å². The SMILES string of the molecule is COC(=O)C(C)(C)c1ccc(N2CCN(c3ccc(-c4nc5ccc(Cl)cc5[nH]4)cn3)CC2)cc1. The summed E-state index contributed by atoms with van der Waals surface area (Å²) in [5.41, 5.74) is 4.17. The number of carbonyl (C=O) groups excluding carboxylic acids is 1. The zero-order valence-electron chi connectivity index (χ0n) is 20.1. The summed E-state index contributed by atoms with van der Waals surface area (Å²) in [7, 11) is 1.43. The number of hydrogen-bond donors (Lipinski definition) is 1. The quantitative estimate of drug-likeness (QED) is 0.395. The molecule has 2 aromatic carbocycles. The molecule has 1 aliphatic rings. The van der Waals surface area contributed by atoms with Crippen molar-refractivity contribution >= 4 is 40.1 Å². The zero-order valence-corrected chi connectivity index (χ0v) is 20.8. The number of ether oxygens (including phenoxy) is 1. The first-order valence-corrected chi connectivity index (χ1v) is 12.0. The van der Waals surface area contributed by atoms with Crippen molar-refractivity contribution in [2.75, 3.05) is 43.1 Å². The summed E-state index contributed by atoms with van der Waals surface area (Å²) in [6.07, 6.45) is 1.86. The van der Waals surface area contributed by atoms with Crippen molar-refractivity contribution in [3.05, 3.63) is 71.4 Å². The number of H-pyrrole nitrogens is 1. The van der Waals surface area contributed by atoms with E-state index in [2.05, 4.69) is 44.0 Å². The molecule has 0 saturated carbocycles. The first-order chi connectivity index (χ1) is 16.8. The number of fused-ring (bicyclic) bond motifs is 1. The van der Waals surface area contributed by atoms with Crippen LogP contribution in [0, 0.1) is 0 Å². The topological polar surface area (TPSA) is 74.3 Å². The maximum absolute atomic E-state index is 12.1. The van der Waals surface area contributed by atoms with Crippen molar-refractivity contribution in [2.45, 2.75) is 19.3 Å². The molecule has 0 atom stereocenters. The van der Waals surface area contributed by atoms with Crippen LogP contribution in [0.5, 0.6) is 0 Å². The van der Waals surface area contributed by atoms with E-state index in [1.807, 2.05) is 50.4 Å². The fourth-order valence-electron chi connectivity index (χ4n) is 4.49. The highest BCUT2D eigenvalue weighted by Gasteiger charge is 2.31. The number of nitrogens with one attached hydrogen (secondary N) is 1. The Labute approximate surface area is 209 Å². The van der Waals surface area contributed by atoms with Gasteiger partial charge in [0, 0.05) is 48.6 Å². The number of rotatable bonds is 5. The van der Waals surface area contributed by atoms with E-state index < -0.39 is 5.41 Å². The molecule has 0 aliphatic carbocycles. The largest absolute Gasteiger partial charge is 0.468 e. The van der Waals surface area contributed by atoms with Crippen LogP contribution < -0.4 is 9.80 Å². The van der Waals surface area contributed by atoms with Gasteiger partial charge in [0.25, 0.3) is 0 Å². The van der Waals surface area contributed by atoms with Crippen LogP contribution in [0.15, 0.2) is 60.8 Å². The number of aromatic amines is 1. The van der Waals surface area contributed by atoms with Crippen LogP contribution >= 0.6 is 11.6 Å². The van der Waals surface area contributed by atoms with E-state index in [0.29, 0.717) is 5.02 Å². The normalized spacial score (nSPS) is 14.4. The Morgan fingerprint density at radius 3 is 2.37 bits per heavy atom. The van der Waals surface area contributed by atoms with Crippen LogP contribution in [0.2, 0.25) is 5.02 Å². The van der Waals surface area contributed by atoms with Gasteiger partial charge in [0.1, 0.15) is 11.6 Å². The Morgan fingerprint density at radius 1 is 1.00 bits per heavy atom. The maximum atomic E-state index is 12.1. The first-order valence-electron chi connectivity index (χ1n) is 11.7. The number of carbonyl (C=O) groups is 1. The minimum absolute atomic E-state index is 0.234. The third-order valence-electron chi connectivity index (χ3n) is 6.72. The van der Waals surface area contributed by atoms with Crippen molar-refractivity contribution in [3.8, 4) is 11.4 Å². The molecule has 180 valence electrons. The van der Waals surface area contributed by atoms with Gasteiger partial charge in [0.2, 0.25) is 0 Å². The number of nitrogens with zero attached hydrogens (tertiary/aromatic N) is 4. The van der Waals surface area contributed by atoms with Crippen LogP contribution in [0.3, 0.4) is 0 Å². The van der Waals surface area contributed by atoms with Gasteiger partial charge >= 0.3 is 5.97 Å². The molecular weight excluding hydrogens is 462 g/mol. The van der Waals surface area contributed by atoms with Gasteiger partial charge in [-0.25, -0.2) is 9.97 Å². The number of piperazine rings is 1. The van der Waals surface area contributed by atoms with Gasteiger partial charge in [-0.05, 0) is 61.9 Å². The fraction of sp³-hybridized carbons (Fsp3) is 0.296. The number of benzene rings is 2. The molecule has 0 spiro atoms. The second-order valence-electron chi connectivity index (χ2n) is 9.29. The van der Waals surface area contributed by atoms with Gasteiger partial charge in [-0.15, -0.1) is 0 Å². The molecule has 1 saturated heterocycles. The molecule has 0 radical (unpaired) electrons. The minimum atomic E-state index is -0.667. The third kappa shape index (κ3) is 4.56. The van der Waals surface area contributed by atoms with E-state index in [0.717, 1.165) is 65.7 Å². The smallest absolute Gasteiger partial charge is 0.315 e. The molecule has 35 heavy (non-hydrogen) atoms. The standard InChI is InChI=1S/C27H28ClN5O2/c1-27(2,26(34)35-3)19-5-8-21(9-6-19)32-12-14-33(15-13-32)24-11-4-18(17-29-24)25-30-22-10-7-20(28)16-23(22)31-25/h4-11,16-17H,12-15H2,1-3H3,(H,30,31). The van der Waals surface area contributed by atoms with E-state index >= 15 is 0 Å². The lowest BCUT2D eigenvalue weighted by Crippen LogP contribution is -2.46. The summed E-state index contributed by atoms with van der Waals surface area (Å²) >= 11 is 6.09. The van der Waals surface area contributed by atoms with Crippen molar-refractivity contribution in [2.24, 2.45) is 0 Å². The lowest BCUT2D eigenvalue weighted by Gasteiger charge is -2.37. The summed E-state index contributed by atoms with van der Waals surface area (Å²) in [6, 6.07) is 17.9. The number of aromatic nitrogens is 3. The summed E-state index contributed by atoms with van der Waals surface area (Å²) in [4.78, 5) is 29.4. The number of methoxy groups -OCH3 is 1. The zero-order chi connectivity index (χ0) is 24.6. The Hall–Kier alpha value is -3.58. The predicted octanol–water partition coefficient (Wildman–Crippen LogP) is 5.06. The van der Waals surface area contributed by atoms with Crippen molar-refractivity contribution in [1.82, 2.24) is 15.0 Å². The summed E-state index contributed by atoms with van der Waals surface area (Å²) in [6.45, 7) is 7.32. The van der Waals surface area contributed by atoms with Crippen LogP contribution in [0.4, 0.5) is 11.5 Å². The van der Waals surface area contributed by atoms with Gasteiger partial charge in [0.05, 0.1) is 23.6 Å². The van der Waals surface area contributed by atoms with Gasteiger partial charge in [-0.3, -0.25) is 4.79 Å². The van der Waals surface area contributed by atoms with E-state index in [1.54, 1.807) is 0 Å². The lowest BCUT2D eigenvalue weighted by atomic mass is 9.84. The summed E-state index contributed by atoms with van der Waals surface area (Å²) in [5, 5.41) is 0.682. The Bertz CT molecular complexity index is 1340. The average molecular weight is 490 g/mol. The maximum Gasteiger partial charge on any atom is 0.315 e. The number of anilines is 2.